The Morgan fingerprint density at radius 1 is 1.22 bits per heavy atom. The second-order valence-electron chi connectivity index (χ2n) is 8.87. The van der Waals surface area contributed by atoms with Crippen molar-refractivity contribution in [1.82, 2.24) is 14.7 Å². The molecule has 2 aromatic heterocycles. The van der Waals surface area contributed by atoms with Crippen molar-refractivity contribution < 1.29 is 31.5 Å². The number of alkyl halides is 5. The van der Waals surface area contributed by atoms with Crippen molar-refractivity contribution in [3.05, 3.63) is 34.8 Å². The van der Waals surface area contributed by atoms with E-state index in [0.717, 1.165) is 0 Å². The van der Waals surface area contributed by atoms with Crippen LogP contribution in [0.2, 0.25) is 0 Å². The molecule has 0 atom stereocenters. The summed E-state index contributed by atoms with van der Waals surface area (Å²) in [6, 6.07) is 1.33. The third-order valence-corrected chi connectivity index (χ3v) is 6.45. The summed E-state index contributed by atoms with van der Waals surface area (Å²) in [4.78, 5) is 16.6. The van der Waals surface area contributed by atoms with Gasteiger partial charge in [0.15, 0.2) is 5.69 Å². The molecule has 32 heavy (non-hydrogen) atoms. The monoisotopic (exact) mass is 459 g/mol. The Kier molecular flexibility index (Phi) is 6.17. The van der Waals surface area contributed by atoms with Crippen LogP contribution in [0.4, 0.5) is 22.0 Å². The summed E-state index contributed by atoms with van der Waals surface area (Å²) in [5, 5.41) is 2.92. The maximum atomic E-state index is 13.7. The van der Waals surface area contributed by atoms with Crippen molar-refractivity contribution in [1.29, 1.82) is 0 Å². The summed E-state index contributed by atoms with van der Waals surface area (Å²) in [5.74, 6) is -3.37. The highest BCUT2D eigenvalue weighted by molar-refractivity contribution is 5.96. The molecule has 2 aromatic rings. The quantitative estimate of drug-likeness (QED) is 0.659. The minimum absolute atomic E-state index is 0.0130. The standard InChI is InChI=1S/C22H26F5N3O2/c1-13-12-30-17(10-14-2-6-21(23,24)7-3-14)19(22(25,26)27)29-18(30)11-16(13)20(31)28-15-4-8-32-9-5-15/h11-12,14-15H,2-10H2,1H3,(H,28,31). The van der Waals surface area contributed by atoms with Gasteiger partial charge in [-0.05, 0) is 56.6 Å². The number of amides is 1. The van der Waals surface area contributed by atoms with Gasteiger partial charge < -0.3 is 14.5 Å². The van der Waals surface area contributed by atoms with E-state index in [1.807, 2.05) is 0 Å². The van der Waals surface area contributed by atoms with Gasteiger partial charge in [0.2, 0.25) is 5.92 Å². The fourth-order valence-electron chi connectivity index (χ4n) is 4.59. The van der Waals surface area contributed by atoms with Gasteiger partial charge in [-0.1, -0.05) is 0 Å². The summed E-state index contributed by atoms with van der Waals surface area (Å²) < 4.78 is 74.8. The number of hydrogen-bond acceptors (Lipinski definition) is 3. The van der Waals surface area contributed by atoms with Crippen LogP contribution in [-0.4, -0.2) is 40.5 Å². The predicted molar refractivity (Wildman–Crippen MR) is 107 cm³/mol. The average molecular weight is 459 g/mol. The molecule has 10 heteroatoms. The zero-order valence-corrected chi connectivity index (χ0v) is 17.8. The highest BCUT2D eigenvalue weighted by Gasteiger charge is 2.40. The first kappa shape index (κ1) is 22.9. The SMILES string of the molecule is Cc1cn2c(CC3CCC(F)(F)CC3)c(C(F)(F)F)nc2cc1C(=O)NC1CCOCC1. The first-order valence-corrected chi connectivity index (χ1v) is 10.9. The lowest BCUT2D eigenvalue weighted by Crippen LogP contribution is -2.39. The van der Waals surface area contributed by atoms with E-state index in [-0.39, 0.29) is 66.9 Å². The number of halogens is 5. The van der Waals surface area contributed by atoms with Gasteiger partial charge in [-0.3, -0.25) is 4.79 Å². The van der Waals surface area contributed by atoms with E-state index in [1.54, 1.807) is 6.92 Å². The van der Waals surface area contributed by atoms with E-state index in [0.29, 0.717) is 31.6 Å². The fraction of sp³-hybridized carbons (Fsp3) is 0.636. The van der Waals surface area contributed by atoms with E-state index >= 15 is 0 Å². The lowest BCUT2D eigenvalue weighted by atomic mass is 9.83. The van der Waals surface area contributed by atoms with Gasteiger partial charge in [0.25, 0.3) is 5.91 Å². The fourth-order valence-corrected chi connectivity index (χ4v) is 4.59. The van der Waals surface area contributed by atoms with Crippen molar-refractivity contribution in [2.24, 2.45) is 5.92 Å². The number of ether oxygens (including phenoxy) is 1. The smallest absolute Gasteiger partial charge is 0.381 e. The normalized spacial score (nSPS) is 20.6. The predicted octanol–water partition coefficient (Wildman–Crippen LogP) is 4.94. The largest absolute Gasteiger partial charge is 0.435 e. The Balaban J connectivity index is 1.64. The van der Waals surface area contributed by atoms with Crippen molar-refractivity contribution in [3.8, 4) is 0 Å². The van der Waals surface area contributed by atoms with Crippen LogP contribution in [0.5, 0.6) is 0 Å². The summed E-state index contributed by atoms with van der Waals surface area (Å²) in [6.45, 7) is 2.76. The molecule has 0 aromatic carbocycles. The van der Waals surface area contributed by atoms with Crippen molar-refractivity contribution >= 4 is 11.6 Å². The van der Waals surface area contributed by atoms with Gasteiger partial charge in [-0.2, -0.15) is 13.2 Å². The van der Waals surface area contributed by atoms with E-state index in [2.05, 4.69) is 10.3 Å². The third-order valence-electron chi connectivity index (χ3n) is 6.45. The number of imidazole rings is 1. The van der Waals surface area contributed by atoms with Crippen molar-refractivity contribution in [2.45, 2.75) is 70.0 Å². The van der Waals surface area contributed by atoms with Crippen LogP contribution in [0.15, 0.2) is 12.3 Å². The number of pyridine rings is 1. The molecule has 3 heterocycles. The summed E-state index contributed by atoms with van der Waals surface area (Å²) in [5.41, 5.74) is -0.245. The maximum absolute atomic E-state index is 13.7. The average Bonchev–Trinajstić information content (AvgIpc) is 3.07. The molecule has 1 saturated carbocycles. The molecular weight excluding hydrogens is 433 g/mol. The van der Waals surface area contributed by atoms with Crippen LogP contribution < -0.4 is 5.32 Å². The lowest BCUT2D eigenvalue weighted by Gasteiger charge is -2.28. The van der Waals surface area contributed by atoms with E-state index < -0.39 is 17.8 Å². The molecule has 0 unspecified atom stereocenters. The minimum Gasteiger partial charge on any atom is -0.381 e. The Morgan fingerprint density at radius 3 is 2.50 bits per heavy atom. The molecular formula is C22H26F5N3O2. The number of fused-ring (bicyclic) bond motifs is 1. The Hall–Kier alpha value is -2.23. The van der Waals surface area contributed by atoms with Gasteiger partial charge in [0.1, 0.15) is 5.65 Å². The van der Waals surface area contributed by atoms with Gasteiger partial charge in [0, 0.05) is 43.9 Å². The molecule has 1 N–H and O–H groups in total. The van der Waals surface area contributed by atoms with Crippen LogP contribution in [-0.2, 0) is 17.3 Å². The molecule has 0 spiro atoms. The first-order chi connectivity index (χ1) is 15.0. The second kappa shape index (κ2) is 8.61. The summed E-state index contributed by atoms with van der Waals surface area (Å²) in [7, 11) is 0. The first-order valence-electron chi connectivity index (χ1n) is 10.9. The maximum Gasteiger partial charge on any atom is 0.435 e. The molecule has 176 valence electrons. The molecule has 1 aliphatic heterocycles. The van der Waals surface area contributed by atoms with Gasteiger partial charge in [-0.15, -0.1) is 0 Å². The highest BCUT2D eigenvalue weighted by atomic mass is 19.4. The summed E-state index contributed by atoms with van der Waals surface area (Å²) in [6.07, 6.45) is -2.11. The number of aryl methyl sites for hydroxylation is 1. The molecule has 2 fully saturated rings. The van der Waals surface area contributed by atoms with E-state index in [1.165, 1.54) is 16.7 Å². The molecule has 1 saturated heterocycles. The second-order valence-corrected chi connectivity index (χ2v) is 8.87. The van der Waals surface area contributed by atoms with Crippen LogP contribution in [0.1, 0.15) is 65.8 Å². The topological polar surface area (TPSA) is 55.6 Å². The number of aromatic nitrogens is 2. The number of rotatable bonds is 4. The Labute approximate surface area is 182 Å². The zero-order chi connectivity index (χ0) is 23.1. The Bertz CT molecular complexity index is 986. The van der Waals surface area contributed by atoms with Crippen LogP contribution in [0.3, 0.4) is 0 Å². The molecule has 1 aliphatic carbocycles. The number of hydrogen-bond donors (Lipinski definition) is 1. The Morgan fingerprint density at radius 2 is 1.88 bits per heavy atom. The number of nitrogens with one attached hydrogen (secondary N) is 1. The molecule has 4 rings (SSSR count). The van der Waals surface area contributed by atoms with E-state index in [9.17, 15) is 26.7 Å². The molecule has 2 aliphatic rings. The number of nitrogens with zero attached hydrogens (tertiary/aromatic N) is 2. The van der Waals surface area contributed by atoms with E-state index in [4.69, 9.17) is 4.74 Å². The minimum atomic E-state index is -4.68. The zero-order valence-electron chi connectivity index (χ0n) is 17.8. The van der Waals surface area contributed by atoms with Crippen LogP contribution >= 0.6 is 0 Å². The van der Waals surface area contributed by atoms with Gasteiger partial charge in [0.05, 0.1) is 5.69 Å². The highest BCUT2D eigenvalue weighted by Crippen LogP contribution is 2.40. The van der Waals surface area contributed by atoms with Crippen molar-refractivity contribution in [2.75, 3.05) is 13.2 Å². The van der Waals surface area contributed by atoms with Crippen LogP contribution in [0, 0.1) is 12.8 Å². The number of carbonyl (C=O) groups excluding carboxylic acids is 1. The molecule has 1 amide bonds. The van der Waals surface area contributed by atoms with Gasteiger partial charge >= 0.3 is 6.18 Å². The lowest BCUT2D eigenvalue weighted by molar-refractivity contribution is -0.141. The van der Waals surface area contributed by atoms with Crippen molar-refractivity contribution in [3.63, 3.8) is 0 Å². The number of carbonyl (C=O) groups is 1. The summed E-state index contributed by atoms with van der Waals surface area (Å²) >= 11 is 0. The van der Waals surface area contributed by atoms with Crippen LogP contribution in [0.25, 0.3) is 5.65 Å². The third kappa shape index (κ3) is 4.89. The van der Waals surface area contributed by atoms with Gasteiger partial charge in [-0.25, -0.2) is 13.8 Å². The molecule has 0 radical (unpaired) electrons. The molecule has 0 bridgehead atoms. The molecule has 5 nitrogen and oxygen atoms in total.